The molecule has 0 aliphatic carbocycles. The van der Waals surface area contributed by atoms with E-state index in [1.165, 1.54) is 17.2 Å². The van der Waals surface area contributed by atoms with E-state index in [9.17, 15) is 0 Å². The minimum atomic E-state index is 0.642. The molecule has 0 spiro atoms. The number of hydrogen-bond acceptors (Lipinski definition) is 4. The van der Waals surface area contributed by atoms with Crippen LogP contribution in [0.5, 0.6) is 0 Å². The summed E-state index contributed by atoms with van der Waals surface area (Å²) in [4.78, 5) is 3.23. The third-order valence-electron chi connectivity index (χ3n) is 2.84. The van der Waals surface area contributed by atoms with Gasteiger partial charge in [0.15, 0.2) is 6.26 Å². The van der Waals surface area contributed by atoms with Gasteiger partial charge in [0.05, 0.1) is 0 Å². The highest BCUT2D eigenvalue weighted by atomic mass is 16.5. The Kier molecular flexibility index (Phi) is 2.38. The van der Waals surface area contributed by atoms with Crippen molar-refractivity contribution in [3.05, 3.63) is 36.2 Å². The number of aromatic nitrogens is 3. The van der Waals surface area contributed by atoms with Crippen molar-refractivity contribution >= 4 is 10.9 Å². The summed E-state index contributed by atoms with van der Waals surface area (Å²) in [5, 5.41) is 8.55. The number of benzene rings is 1. The third kappa shape index (κ3) is 1.70. The van der Waals surface area contributed by atoms with Gasteiger partial charge in [0.2, 0.25) is 0 Å². The molecule has 0 unspecified atom stereocenters. The molecule has 86 valence electrons. The normalized spacial score (nSPS) is 11.1. The minimum Gasteiger partial charge on any atom is -0.361 e. The number of nitrogens with two attached hydrogens (primary N) is 1. The summed E-state index contributed by atoms with van der Waals surface area (Å²) >= 11 is 0. The van der Waals surface area contributed by atoms with Gasteiger partial charge < -0.3 is 15.2 Å². The summed E-state index contributed by atoms with van der Waals surface area (Å²) in [6, 6.07) is 6.10. The molecule has 0 saturated heterocycles. The molecule has 0 radical (unpaired) electrons. The van der Waals surface area contributed by atoms with Gasteiger partial charge in [-0.3, -0.25) is 0 Å². The zero-order valence-electron chi connectivity index (χ0n) is 9.18. The van der Waals surface area contributed by atoms with E-state index in [4.69, 9.17) is 10.3 Å². The third-order valence-corrected chi connectivity index (χ3v) is 2.84. The molecule has 0 bridgehead atoms. The van der Waals surface area contributed by atoms with Crippen LogP contribution in [0.25, 0.3) is 22.2 Å². The van der Waals surface area contributed by atoms with Crippen molar-refractivity contribution in [2.45, 2.75) is 6.42 Å². The smallest absolute Gasteiger partial charge is 0.152 e. The second kappa shape index (κ2) is 4.03. The molecule has 3 rings (SSSR count). The van der Waals surface area contributed by atoms with Gasteiger partial charge in [-0.2, -0.15) is 0 Å². The first-order chi connectivity index (χ1) is 8.38. The molecule has 1 aromatic carbocycles. The van der Waals surface area contributed by atoms with Crippen LogP contribution in [-0.4, -0.2) is 21.9 Å². The quantitative estimate of drug-likeness (QED) is 0.715. The Morgan fingerprint density at radius 3 is 3.06 bits per heavy atom. The lowest BCUT2D eigenvalue weighted by atomic mass is 10.1. The van der Waals surface area contributed by atoms with Crippen LogP contribution in [0.3, 0.4) is 0 Å². The van der Waals surface area contributed by atoms with E-state index in [0.29, 0.717) is 6.54 Å². The fourth-order valence-corrected chi connectivity index (χ4v) is 1.99. The maximum absolute atomic E-state index is 5.59. The average Bonchev–Trinajstić information content (AvgIpc) is 2.98. The number of aromatic amines is 1. The first kappa shape index (κ1) is 10.0. The molecular formula is C12H12N4O. The Hall–Kier alpha value is -2.14. The second-order valence-corrected chi connectivity index (χ2v) is 3.90. The Morgan fingerprint density at radius 2 is 2.29 bits per heavy atom. The van der Waals surface area contributed by atoms with Crippen LogP contribution in [0, 0.1) is 0 Å². The van der Waals surface area contributed by atoms with E-state index >= 15 is 0 Å². The van der Waals surface area contributed by atoms with Crippen LogP contribution in [0.2, 0.25) is 0 Å². The van der Waals surface area contributed by atoms with Gasteiger partial charge in [0.25, 0.3) is 0 Å². The number of nitrogens with zero attached hydrogens (tertiary/aromatic N) is 2. The number of fused-ring (bicyclic) bond motifs is 1. The van der Waals surface area contributed by atoms with Gasteiger partial charge in [0, 0.05) is 27.9 Å². The van der Waals surface area contributed by atoms with Crippen LogP contribution in [0.1, 0.15) is 5.56 Å². The van der Waals surface area contributed by atoms with Gasteiger partial charge in [-0.1, -0.05) is 6.07 Å². The van der Waals surface area contributed by atoms with Crippen LogP contribution in [0.4, 0.5) is 0 Å². The highest BCUT2D eigenvalue weighted by molar-refractivity contribution is 5.87. The molecule has 2 aromatic heterocycles. The maximum atomic E-state index is 5.59. The molecule has 0 saturated carbocycles. The summed E-state index contributed by atoms with van der Waals surface area (Å²) in [5.74, 6) is 0. The molecule has 3 aromatic rings. The van der Waals surface area contributed by atoms with Crippen molar-refractivity contribution in [1.29, 1.82) is 0 Å². The highest BCUT2D eigenvalue weighted by Crippen LogP contribution is 2.25. The molecule has 5 nitrogen and oxygen atoms in total. The Labute approximate surface area is 97.6 Å². The van der Waals surface area contributed by atoms with E-state index in [1.54, 1.807) is 0 Å². The van der Waals surface area contributed by atoms with Gasteiger partial charge in [-0.05, 0) is 30.7 Å². The predicted molar refractivity (Wildman–Crippen MR) is 64.3 cm³/mol. The van der Waals surface area contributed by atoms with Crippen LogP contribution in [-0.2, 0) is 6.42 Å². The van der Waals surface area contributed by atoms with Crippen molar-refractivity contribution < 1.29 is 4.52 Å². The highest BCUT2D eigenvalue weighted by Gasteiger charge is 2.07. The summed E-state index contributed by atoms with van der Waals surface area (Å²) in [5.41, 5.74) is 9.66. The van der Waals surface area contributed by atoms with Crippen LogP contribution < -0.4 is 5.73 Å². The van der Waals surface area contributed by atoms with E-state index in [2.05, 4.69) is 21.4 Å². The van der Waals surface area contributed by atoms with Crippen LogP contribution >= 0.6 is 0 Å². The fraction of sp³-hybridized carbons (Fsp3) is 0.167. The molecule has 17 heavy (non-hydrogen) atoms. The number of nitrogens with one attached hydrogen (secondary N) is 1. The topological polar surface area (TPSA) is 80.7 Å². The first-order valence-electron chi connectivity index (χ1n) is 5.46. The summed E-state index contributed by atoms with van der Waals surface area (Å²) in [6.07, 6.45) is 4.40. The lowest BCUT2D eigenvalue weighted by Gasteiger charge is -1.98. The number of rotatable bonds is 3. The van der Waals surface area contributed by atoms with E-state index in [-0.39, 0.29) is 0 Å². The van der Waals surface area contributed by atoms with Crippen molar-refractivity contribution in [2.75, 3.05) is 6.54 Å². The SMILES string of the molecule is NCCc1c[nH]c2ccc(-c3conn3)cc12. The Morgan fingerprint density at radius 1 is 1.35 bits per heavy atom. The van der Waals surface area contributed by atoms with Gasteiger partial charge >= 0.3 is 0 Å². The standard InChI is InChI=1S/C12H12N4O/c13-4-3-9-6-14-11-2-1-8(5-10(9)11)12-7-17-16-15-12/h1-2,5-7,14H,3-4,13H2. The molecule has 0 fully saturated rings. The van der Waals surface area contributed by atoms with Crippen molar-refractivity contribution in [2.24, 2.45) is 5.73 Å². The summed E-state index contributed by atoms with van der Waals surface area (Å²) in [6.45, 7) is 0.642. The molecule has 5 heteroatoms. The van der Waals surface area contributed by atoms with Gasteiger partial charge in [-0.25, -0.2) is 0 Å². The van der Waals surface area contributed by atoms with Crippen molar-refractivity contribution in [1.82, 2.24) is 15.4 Å². The van der Waals surface area contributed by atoms with Gasteiger partial charge in [0.1, 0.15) is 5.69 Å². The largest absolute Gasteiger partial charge is 0.361 e. The zero-order valence-corrected chi connectivity index (χ0v) is 9.18. The summed E-state index contributed by atoms with van der Waals surface area (Å²) in [7, 11) is 0. The maximum Gasteiger partial charge on any atom is 0.152 e. The molecule has 0 amide bonds. The molecule has 2 heterocycles. The molecule has 0 aliphatic heterocycles. The van der Waals surface area contributed by atoms with E-state index in [1.807, 2.05) is 18.3 Å². The number of H-pyrrole nitrogens is 1. The molecule has 0 aliphatic rings. The average molecular weight is 228 g/mol. The summed E-state index contributed by atoms with van der Waals surface area (Å²) < 4.78 is 4.75. The Balaban J connectivity index is 2.13. The van der Waals surface area contributed by atoms with E-state index < -0.39 is 0 Å². The fourth-order valence-electron chi connectivity index (χ4n) is 1.99. The van der Waals surface area contributed by atoms with Crippen molar-refractivity contribution in [3.63, 3.8) is 0 Å². The molecular weight excluding hydrogens is 216 g/mol. The monoisotopic (exact) mass is 228 g/mol. The predicted octanol–water partition coefficient (Wildman–Crippen LogP) is 1.72. The first-order valence-corrected chi connectivity index (χ1v) is 5.46. The van der Waals surface area contributed by atoms with E-state index in [0.717, 1.165) is 23.2 Å². The number of hydrogen-bond donors (Lipinski definition) is 2. The second-order valence-electron chi connectivity index (χ2n) is 3.90. The van der Waals surface area contributed by atoms with Crippen molar-refractivity contribution in [3.8, 4) is 11.3 Å². The van der Waals surface area contributed by atoms with Gasteiger partial charge in [-0.15, -0.1) is 5.10 Å². The minimum absolute atomic E-state index is 0.642. The molecule has 3 N–H and O–H groups in total. The zero-order chi connectivity index (χ0) is 11.7. The molecule has 0 atom stereocenters. The van der Waals surface area contributed by atoms with Crippen LogP contribution in [0.15, 0.2) is 35.2 Å². The lowest BCUT2D eigenvalue weighted by molar-refractivity contribution is 0.393. The lowest BCUT2D eigenvalue weighted by Crippen LogP contribution is -2.01. The Bertz CT molecular complexity index is 627.